The summed E-state index contributed by atoms with van der Waals surface area (Å²) in [7, 11) is 0. The third kappa shape index (κ3) is 5.77. The molecule has 0 aliphatic rings. The van der Waals surface area contributed by atoms with E-state index in [-0.39, 0.29) is 24.9 Å². The Balaban J connectivity index is 1.39. The normalized spacial score (nSPS) is 11.9. The average molecular weight is 490 g/mol. The van der Waals surface area contributed by atoms with Gasteiger partial charge in [0.2, 0.25) is 5.89 Å². The highest BCUT2D eigenvalue weighted by atomic mass is 35.5. The van der Waals surface area contributed by atoms with Crippen molar-refractivity contribution >= 4 is 34.4 Å². The van der Waals surface area contributed by atoms with E-state index in [1.807, 2.05) is 19.9 Å². The molecule has 178 valence electrons. The van der Waals surface area contributed by atoms with Crippen molar-refractivity contribution in [2.75, 3.05) is 18.4 Å². The monoisotopic (exact) mass is 489 g/mol. The number of pyridine rings is 1. The topological polar surface area (TPSA) is 124 Å². The lowest BCUT2D eigenvalue weighted by molar-refractivity contribution is 0.0922. The molecule has 0 unspecified atom stereocenters. The molecule has 0 saturated carbocycles. The van der Waals surface area contributed by atoms with Gasteiger partial charge in [0.05, 0.1) is 22.8 Å². The maximum absolute atomic E-state index is 12.5. The summed E-state index contributed by atoms with van der Waals surface area (Å²) in [5.41, 5.74) is 3.90. The van der Waals surface area contributed by atoms with Gasteiger partial charge in [-0.2, -0.15) is 5.26 Å². The minimum Gasteiger partial charge on any atom is -0.436 e. The van der Waals surface area contributed by atoms with Crippen LogP contribution in [0.5, 0.6) is 0 Å². The number of hydrogen-bond acceptors (Lipinski definition) is 7. The van der Waals surface area contributed by atoms with Crippen molar-refractivity contribution in [3.05, 3.63) is 76.4 Å². The second-order valence-electron chi connectivity index (χ2n) is 8.38. The molecule has 0 fully saturated rings. The number of anilines is 1. The molecule has 35 heavy (non-hydrogen) atoms. The van der Waals surface area contributed by atoms with E-state index in [4.69, 9.17) is 16.0 Å². The molecule has 0 saturated heterocycles. The first-order valence-electron chi connectivity index (χ1n) is 11.1. The van der Waals surface area contributed by atoms with Gasteiger partial charge in [-0.05, 0) is 54.4 Å². The summed E-state index contributed by atoms with van der Waals surface area (Å²) in [6, 6.07) is 16.0. The fraction of sp³-hybridized carbons (Fsp3) is 0.231. The molecule has 3 N–H and O–H groups in total. The Morgan fingerprint density at radius 1 is 1.17 bits per heavy atom. The molecule has 4 aromatic rings. The predicted molar refractivity (Wildman–Crippen MR) is 134 cm³/mol. The summed E-state index contributed by atoms with van der Waals surface area (Å²) in [6.07, 6.45) is 0.707. The zero-order valence-corrected chi connectivity index (χ0v) is 20.0. The summed E-state index contributed by atoms with van der Waals surface area (Å²) in [6.45, 7) is 4.36. The molecule has 0 bridgehead atoms. The van der Waals surface area contributed by atoms with Crippen LogP contribution in [0.4, 0.5) is 5.82 Å². The number of benzene rings is 2. The summed E-state index contributed by atoms with van der Waals surface area (Å²) in [5, 5.41) is 25.7. The third-order valence-electron chi connectivity index (χ3n) is 5.41. The quantitative estimate of drug-likeness (QED) is 0.326. The number of nitrogens with one attached hydrogen (secondary N) is 2. The van der Waals surface area contributed by atoms with Gasteiger partial charge in [0.15, 0.2) is 5.58 Å². The molecule has 2 aromatic carbocycles. The number of nitriles is 1. The molecular formula is C26H24ClN5O3. The van der Waals surface area contributed by atoms with Gasteiger partial charge in [-0.1, -0.05) is 25.4 Å². The van der Waals surface area contributed by atoms with Gasteiger partial charge in [-0.15, -0.1) is 0 Å². The minimum atomic E-state index is -0.802. The lowest BCUT2D eigenvalue weighted by Crippen LogP contribution is -2.35. The van der Waals surface area contributed by atoms with Gasteiger partial charge in [0, 0.05) is 36.0 Å². The van der Waals surface area contributed by atoms with Gasteiger partial charge in [0.1, 0.15) is 11.3 Å². The predicted octanol–water partition coefficient (Wildman–Crippen LogP) is 4.74. The number of oxazole rings is 1. The smallest absolute Gasteiger partial charge is 0.251 e. The number of hydrogen-bond donors (Lipinski definition) is 3. The van der Waals surface area contributed by atoms with Gasteiger partial charge >= 0.3 is 0 Å². The summed E-state index contributed by atoms with van der Waals surface area (Å²) >= 11 is 5.80. The van der Waals surface area contributed by atoms with E-state index in [2.05, 4.69) is 26.7 Å². The van der Waals surface area contributed by atoms with E-state index >= 15 is 0 Å². The molecule has 0 aliphatic heterocycles. The number of carbonyl (C=O) groups is 1. The Morgan fingerprint density at radius 2 is 1.94 bits per heavy atom. The van der Waals surface area contributed by atoms with Crippen molar-refractivity contribution in [1.82, 2.24) is 15.3 Å². The van der Waals surface area contributed by atoms with Crippen LogP contribution in [0.3, 0.4) is 0 Å². The summed E-state index contributed by atoms with van der Waals surface area (Å²) in [4.78, 5) is 21.1. The van der Waals surface area contributed by atoms with Crippen LogP contribution in [-0.2, 0) is 0 Å². The first kappa shape index (κ1) is 24.2. The highest BCUT2D eigenvalue weighted by Gasteiger charge is 2.16. The molecule has 1 atom stereocenters. The largest absolute Gasteiger partial charge is 0.436 e. The van der Waals surface area contributed by atoms with E-state index in [1.165, 1.54) is 6.20 Å². The number of aromatic nitrogens is 2. The highest BCUT2D eigenvalue weighted by molar-refractivity contribution is 6.30. The minimum absolute atomic E-state index is 0.0749. The zero-order chi connectivity index (χ0) is 24.9. The first-order chi connectivity index (χ1) is 16.8. The van der Waals surface area contributed by atoms with Crippen molar-refractivity contribution in [3.63, 3.8) is 0 Å². The van der Waals surface area contributed by atoms with Crippen LogP contribution in [0.1, 0.15) is 41.3 Å². The maximum Gasteiger partial charge on any atom is 0.251 e. The van der Waals surface area contributed by atoms with Crippen LogP contribution in [-0.4, -0.2) is 40.2 Å². The van der Waals surface area contributed by atoms with Gasteiger partial charge in [0.25, 0.3) is 5.91 Å². The summed E-state index contributed by atoms with van der Waals surface area (Å²) < 4.78 is 6.02. The van der Waals surface area contributed by atoms with Crippen molar-refractivity contribution < 1.29 is 14.3 Å². The van der Waals surface area contributed by atoms with E-state index in [0.29, 0.717) is 44.5 Å². The molecular weight excluding hydrogens is 466 g/mol. The van der Waals surface area contributed by atoms with E-state index in [9.17, 15) is 15.2 Å². The molecule has 1 amide bonds. The van der Waals surface area contributed by atoms with E-state index in [0.717, 1.165) is 5.56 Å². The van der Waals surface area contributed by atoms with Crippen molar-refractivity contribution in [1.29, 1.82) is 5.26 Å². The summed E-state index contributed by atoms with van der Waals surface area (Å²) in [5.74, 6) is 0.865. The lowest BCUT2D eigenvalue weighted by atomic mass is 10.00. The molecule has 8 nitrogen and oxygen atoms in total. The molecule has 0 radical (unpaired) electrons. The Hall–Kier alpha value is -3.93. The molecule has 4 rings (SSSR count). The molecule has 2 aromatic heterocycles. The van der Waals surface area contributed by atoms with Crippen LogP contribution in [0.25, 0.3) is 22.6 Å². The molecule has 0 spiro atoms. The highest BCUT2D eigenvalue weighted by Crippen LogP contribution is 2.31. The SMILES string of the molecule is CC(C)c1cc(C#N)cc2nc(-c3ccc(C(=O)NC[C@@H](O)CNc4ccc(Cl)cn4)cc3)oc12. The number of fused-ring (bicyclic) bond motifs is 1. The fourth-order valence-electron chi connectivity index (χ4n) is 3.53. The molecule has 9 heteroatoms. The van der Waals surface area contributed by atoms with Crippen LogP contribution in [0.2, 0.25) is 5.02 Å². The molecule has 2 heterocycles. The van der Waals surface area contributed by atoms with Crippen LogP contribution in [0, 0.1) is 11.3 Å². The van der Waals surface area contributed by atoms with Crippen LogP contribution < -0.4 is 10.6 Å². The number of halogens is 1. The number of carbonyl (C=O) groups excluding carboxylic acids is 1. The fourth-order valence-corrected chi connectivity index (χ4v) is 3.64. The standard InChI is InChI=1S/C26H24ClN5O3/c1-15(2)21-9-16(11-28)10-22-24(21)35-26(32-22)18-5-3-17(4-6-18)25(34)31-14-20(33)13-30-23-8-7-19(27)12-29-23/h3-10,12,15,20,33H,13-14H2,1-2H3,(H,29,30)(H,31,34)/t20-/m0/s1. The second kappa shape index (κ2) is 10.6. The third-order valence-corrected chi connectivity index (χ3v) is 5.63. The van der Waals surface area contributed by atoms with Crippen LogP contribution >= 0.6 is 11.6 Å². The van der Waals surface area contributed by atoms with Crippen molar-refractivity contribution in [2.24, 2.45) is 0 Å². The van der Waals surface area contributed by atoms with E-state index < -0.39 is 6.10 Å². The van der Waals surface area contributed by atoms with Crippen molar-refractivity contribution in [3.8, 4) is 17.5 Å². The van der Waals surface area contributed by atoms with E-state index in [1.54, 1.807) is 42.5 Å². The Kier molecular flexibility index (Phi) is 7.30. The Labute approximate surface area is 207 Å². The number of amides is 1. The van der Waals surface area contributed by atoms with Gasteiger partial charge in [-0.25, -0.2) is 9.97 Å². The van der Waals surface area contributed by atoms with Gasteiger partial charge < -0.3 is 20.2 Å². The Morgan fingerprint density at radius 3 is 2.60 bits per heavy atom. The number of aliphatic hydroxyl groups is 1. The second-order valence-corrected chi connectivity index (χ2v) is 8.82. The maximum atomic E-state index is 12.5. The number of nitrogens with zero attached hydrogens (tertiary/aromatic N) is 3. The Bertz CT molecular complexity index is 1380. The number of rotatable bonds is 8. The zero-order valence-electron chi connectivity index (χ0n) is 19.2. The molecule has 0 aliphatic carbocycles. The lowest BCUT2D eigenvalue weighted by Gasteiger charge is -2.13. The first-order valence-corrected chi connectivity index (χ1v) is 11.5. The van der Waals surface area contributed by atoms with Gasteiger partial charge in [-0.3, -0.25) is 4.79 Å². The number of aliphatic hydroxyl groups excluding tert-OH is 1. The average Bonchev–Trinajstić information content (AvgIpc) is 3.30. The van der Waals surface area contributed by atoms with Crippen molar-refractivity contribution in [2.45, 2.75) is 25.9 Å². The van der Waals surface area contributed by atoms with Crippen LogP contribution in [0.15, 0.2) is 59.1 Å².